The predicted octanol–water partition coefficient (Wildman–Crippen LogP) is -1.34. The Morgan fingerprint density at radius 2 is 2.30 bits per heavy atom. The van der Waals surface area contributed by atoms with Crippen molar-refractivity contribution in [2.75, 3.05) is 13.1 Å². The summed E-state index contributed by atoms with van der Waals surface area (Å²) < 4.78 is 0. The van der Waals surface area contributed by atoms with E-state index in [-0.39, 0.29) is 17.4 Å². The third kappa shape index (κ3) is 1.97. The number of rotatable bonds is 1. The summed E-state index contributed by atoms with van der Waals surface area (Å²) in [5.41, 5.74) is 0. The van der Waals surface area contributed by atoms with Crippen LogP contribution in [-0.2, 0) is 4.79 Å². The van der Waals surface area contributed by atoms with Crippen molar-refractivity contribution in [3.63, 3.8) is 0 Å². The van der Waals surface area contributed by atoms with E-state index in [1.54, 1.807) is 0 Å². The molecule has 0 bridgehead atoms. The lowest BCUT2D eigenvalue weighted by molar-refractivity contribution is -0.124. The summed E-state index contributed by atoms with van der Waals surface area (Å²) in [4.78, 5) is 10.9. The van der Waals surface area contributed by atoms with E-state index in [0.29, 0.717) is 0 Å². The number of amides is 1. The number of nitrogens with one attached hydrogen (secondary N) is 2. The molecule has 0 aromatic carbocycles. The minimum absolute atomic E-state index is 0. The maximum Gasteiger partial charge on any atom is 0.237 e. The molecule has 0 saturated carbocycles. The smallest absolute Gasteiger partial charge is 0.237 e. The number of hydrogen-bond acceptors (Lipinski definition) is 2. The van der Waals surface area contributed by atoms with Gasteiger partial charge in [-0.2, -0.15) is 0 Å². The molecule has 4 heteroatoms. The first-order valence-corrected chi connectivity index (χ1v) is 3.35. The van der Waals surface area contributed by atoms with Crippen molar-refractivity contribution in [3.05, 3.63) is 0 Å². The van der Waals surface area contributed by atoms with Gasteiger partial charge in [-0.1, -0.05) is 6.92 Å². The fourth-order valence-corrected chi connectivity index (χ4v) is 0.978. The van der Waals surface area contributed by atoms with E-state index in [4.69, 9.17) is 0 Å². The Labute approximate surface area is 60.3 Å². The topological polar surface area (TPSA) is 72.6 Å². The van der Waals surface area contributed by atoms with Gasteiger partial charge in [0.2, 0.25) is 5.91 Å². The normalized spacial score (nSPS) is 24.9. The first kappa shape index (κ1) is 9.39. The zero-order chi connectivity index (χ0) is 6.69. The average molecular weight is 146 g/mol. The molecule has 1 unspecified atom stereocenters. The molecule has 0 aromatic rings. The maximum absolute atomic E-state index is 10.9. The Kier molecular flexibility index (Phi) is 3.99. The third-order valence-electron chi connectivity index (χ3n) is 1.54. The molecule has 1 saturated heterocycles. The van der Waals surface area contributed by atoms with E-state index in [0.717, 1.165) is 19.5 Å². The molecule has 0 aliphatic carbocycles. The molecule has 60 valence electrons. The van der Waals surface area contributed by atoms with E-state index in [9.17, 15) is 4.79 Å². The van der Waals surface area contributed by atoms with Crippen molar-refractivity contribution in [3.8, 4) is 0 Å². The van der Waals surface area contributed by atoms with Crippen molar-refractivity contribution in [2.24, 2.45) is 0 Å². The van der Waals surface area contributed by atoms with Gasteiger partial charge in [0.15, 0.2) is 0 Å². The van der Waals surface area contributed by atoms with Crippen LogP contribution in [0.4, 0.5) is 0 Å². The van der Waals surface area contributed by atoms with Crippen molar-refractivity contribution < 1.29 is 10.3 Å². The minimum atomic E-state index is 0. The summed E-state index contributed by atoms with van der Waals surface area (Å²) in [6.45, 7) is 3.68. The summed E-state index contributed by atoms with van der Waals surface area (Å²) in [7, 11) is 0. The molecule has 1 rings (SSSR count). The van der Waals surface area contributed by atoms with Gasteiger partial charge >= 0.3 is 0 Å². The van der Waals surface area contributed by atoms with Crippen molar-refractivity contribution in [1.82, 2.24) is 10.6 Å². The number of carbonyl (C=O) groups is 1. The molecule has 0 radical (unpaired) electrons. The third-order valence-corrected chi connectivity index (χ3v) is 1.54. The highest BCUT2D eigenvalue weighted by Crippen LogP contribution is 1.92. The number of carbonyl (C=O) groups excluding carboxylic acids is 1. The van der Waals surface area contributed by atoms with Gasteiger partial charge in [0, 0.05) is 13.1 Å². The standard InChI is InChI=1S/C6H12N2O.H2O/c1-2-5-6(9)8-4-3-7-5;/h5,7H,2-4H2,1H3,(H,8,9);1H2. The zero-order valence-electron chi connectivity index (χ0n) is 6.11. The number of hydrogen-bond donors (Lipinski definition) is 2. The van der Waals surface area contributed by atoms with Gasteiger partial charge in [0.1, 0.15) is 0 Å². The van der Waals surface area contributed by atoms with Gasteiger partial charge in [0.05, 0.1) is 6.04 Å². The maximum atomic E-state index is 10.9. The van der Waals surface area contributed by atoms with Crippen LogP contribution >= 0.6 is 0 Å². The fourth-order valence-electron chi connectivity index (χ4n) is 0.978. The molecule has 1 aliphatic rings. The van der Waals surface area contributed by atoms with Crippen LogP contribution < -0.4 is 10.6 Å². The van der Waals surface area contributed by atoms with Crippen LogP contribution in [0.2, 0.25) is 0 Å². The molecule has 0 spiro atoms. The summed E-state index contributed by atoms with van der Waals surface area (Å²) in [6, 6.07) is 0.0544. The monoisotopic (exact) mass is 146 g/mol. The second-order valence-corrected chi connectivity index (χ2v) is 2.21. The molecule has 0 aromatic heterocycles. The lowest BCUT2D eigenvalue weighted by atomic mass is 10.2. The van der Waals surface area contributed by atoms with Crippen LogP contribution in [0.1, 0.15) is 13.3 Å². The highest BCUT2D eigenvalue weighted by molar-refractivity contribution is 5.82. The Bertz CT molecular complexity index is 116. The molecule has 4 N–H and O–H groups in total. The second-order valence-electron chi connectivity index (χ2n) is 2.21. The molecule has 1 amide bonds. The van der Waals surface area contributed by atoms with Crippen LogP contribution in [0.5, 0.6) is 0 Å². The van der Waals surface area contributed by atoms with Crippen LogP contribution in [0.25, 0.3) is 0 Å². The van der Waals surface area contributed by atoms with E-state index >= 15 is 0 Å². The van der Waals surface area contributed by atoms with Crippen molar-refractivity contribution >= 4 is 5.91 Å². The van der Waals surface area contributed by atoms with Crippen molar-refractivity contribution in [1.29, 1.82) is 0 Å². The van der Waals surface area contributed by atoms with E-state index in [2.05, 4.69) is 10.6 Å². The molecule has 1 fully saturated rings. The van der Waals surface area contributed by atoms with Gasteiger partial charge in [-0.3, -0.25) is 4.79 Å². The largest absolute Gasteiger partial charge is 0.412 e. The Balaban J connectivity index is 0.000000810. The van der Waals surface area contributed by atoms with E-state index < -0.39 is 0 Å². The Hall–Kier alpha value is -0.610. The van der Waals surface area contributed by atoms with Gasteiger partial charge in [0.25, 0.3) is 0 Å². The predicted molar refractivity (Wildman–Crippen MR) is 38.7 cm³/mol. The highest BCUT2D eigenvalue weighted by atomic mass is 16.2. The highest BCUT2D eigenvalue weighted by Gasteiger charge is 2.17. The van der Waals surface area contributed by atoms with Gasteiger partial charge in [-0.25, -0.2) is 0 Å². The Morgan fingerprint density at radius 1 is 1.60 bits per heavy atom. The first-order chi connectivity index (χ1) is 4.34. The van der Waals surface area contributed by atoms with Crippen LogP contribution in [0, 0.1) is 0 Å². The molecular formula is C6H14N2O2. The molecule has 1 aliphatic heterocycles. The molecule has 1 heterocycles. The van der Waals surface area contributed by atoms with Gasteiger partial charge < -0.3 is 16.1 Å². The molecule has 1 atom stereocenters. The van der Waals surface area contributed by atoms with E-state index in [1.807, 2.05) is 6.92 Å². The summed E-state index contributed by atoms with van der Waals surface area (Å²) in [6.07, 6.45) is 0.881. The fraction of sp³-hybridized carbons (Fsp3) is 0.833. The lowest BCUT2D eigenvalue weighted by Gasteiger charge is -2.21. The van der Waals surface area contributed by atoms with Crippen LogP contribution in [-0.4, -0.2) is 30.5 Å². The molecular weight excluding hydrogens is 132 g/mol. The average Bonchev–Trinajstić information content (AvgIpc) is 1.89. The SMILES string of the molecule is CCC1NCCNC1=O.O. The van der Waals surface area contributed by atoms with Gasteiger partial charge in [-0.05, 0) is 6.42 Å². The van der Waals surface area contributed by atoms with Crippen molar-refractivity contribution in [2.45, 2.75) is 19.4 Å². The summed E-state index contributed by atoms with van der Waals surface area (Å²) in [5.74, 6) is 0.142. The number of piperazine rings is 1. The lowest BCUT2D eigenvalue weighted by Crippen LogP contribution is -2.52. The quantitative estimate of drug-likeness (QED) is 0.480. The molecule has 10 heavy (non-hydrogen) atoms. The Morgan fingerprint density at radius 3 is 2.70 bits per heavy atom. The molecule has 4 nitrogen and oxygen atoms in total. The van der Waals surface area contributed by atoms with Gasteiger partial charge in [-0.15, -0.1) is 0 Å². The summed E-state index contributed by atoms with van der Waals surface area (Å²) in [5, 5.41) is 5.89. The summed E-state index contributed by atoms with van der Waals surface area (Å²) >= 11 is 0. The van der Waals surface area contributed by atoms with E-state index in [1.165, 1.54) is 0 Å². The first-order valence-electron chi connectivity index (χ1n) is 3.35. The minimum Gasteiger partial charge on any atom is -0.412 e. The zero-order valence-corrected chi connectivity index (χ0v) is 6.11. The second kappa shape index (κ2) is 4.24. The van der Waals surface area contributed by atoms with Crippen LogP contribution in [0.15, 0.2) is 0 Å². The van der Waals surface area contributed by atoms with Crippen LogP contribution in [0.3, 0.4) is 0 Å².